The van der Waals surface area contributed by atoms with E-state index in [1.165, 1.54) is 0 Å². The number of benzene rings is 1. The maximum absolute atomic E-state index is 13.2. The molecule has 0 saturated carbocycles. The first-order chi connectivity index (χ1) is 14.7. The summed E-state index contributed by atoms with van der Waals surface area (Å²) >= 11 is 0. The van der Waals surface area contributed by atoms with Gasteiger partial charge in [-0.05, 0) is 31.0 Å². The van der Waals surface area contributed by atoms with Gasteiger partial charge in [0.25, 0.3) is 5.91 Å². The molecule has 0 spiro atoms. The molecule has 1 N–H and O–H groups in total. The van der Waals surface area contributed by atoms with Crippen molar-refractivity contribution in [3.8, 4) is 0 Å². The molecule has 3 aromatic rings. The number of nitrogens with zero attached hydrogens (tertiary/aromatic N) is 4. The molecule has 2 amide bonds. The average molecular weight is 407 g/mol. The second-order valence-electron chi connectivity index (χ2n) is 7.98. The molecule has 1 atom stereocenters. The monoisotopic (exact) mass is 407 g/mol. The molecule has 8 nitrogen and oxygen atoms in total. The van der Waals surface area contributed by atoms with Gasteiger partial charge in [0.05, 0.1) is 24.9 Å². The fourth-order valence-electron chi connectivity index (χ4n) is 4.36. The molecule has 1 fully saturated rings. The SMILES string of the molecule is O=C(COCC1CN(C(=O)c2cc3ccccc3[nH]2)Cc2ccnn21)N1CCCC1. The number of fused-ring (bicyclic) bond motifs is 2. The summed E-state index contributed by atoms with van der Waals surface area (Å²) in [4.78, 5) is 32.3. The van der Waals surface area contributed by atoms with Crippen LogP contribution in [0.4, 0.5) is 0 Å². The van der Waals surface area contributed by atoms with Crippen LogP contribution in [0.3, 0.4) is 0 Å². The Morgan fingerprint density at radius 1 is 1.13 bits per heavy atom. The molecule has 2 aromatic heterocycles. The Balaban J connectivity index is 1.27. The van der Waals surface area contributed by atoms with E-state index in [9.17, 15) is 9.59 Å². The quantitative estimate of drug-likeness (QED) is 0.703. The van der Waals surface area contributed by atoms with Gasteiger partial charge in [-0.25, -0.2) is 0 Å². The summed E-state index contributed by atoms with van der Waals surface area (Å²) < 4.78 is 7.67. The highest BCUT2D eigenvalue weighted by atomic mass is 16.5. The van der Waals surface area contributed by atoms with E-state index in [0.717, 1.165) is 42.5 Å². The Bertz CT molecular complexity index is 1030. The summed E-state index contributed by atoms with van der Waals surface area (Å²) in [5.41, 5.74) is 2.49. The van der Waals surface area contributed by atoms with Crippen molar-refractivity contribution in [1.82, 2.24) is 24.6 Å². The molecule has 0 radical (unpaired) electrons. The van der Waals surface area contributed by atoms with Crippen LogP contribution in [0.2, 0.25) is 0 Å². The van der Waals surface area contributed by atoms with Gasteiger partial charge in [0.1, 0.15) is 12.3 Å². The third-order valence-corrected chi connectivity index (χ3v) is 5.92. The number of hydrogen-bond donors (Lipinski definition) is 1. The highest BCUT2D eigenvalue weighted by molar-refractivity contribution is 5.98. The van der Waals surface area contributed by atoms with Crippen molar-refractivity contribution >= 4 is 22.7 Å². The van der Waals surface area contributed by atoms with Crippen LogP contribution in [0.1, 0.15) is 35.1 Å². The number of hydrogen-bond acceptors (Lipinski definition) is 4. The second-order valence-corrected chi connectivity index (χ2v) is 7.98. The van der Waals surface area contributed by atoms with E-state index < -0.39 is 0 Å². The van der Waals surface area contributed by atoms with Crippen molar-refractivity contribution in [2.45, 2.75) is 25.4 Å². The van der Waals surface area contributed by atoms with Gasteiger partial charge in [-0.15, -0.1) is 0 Å². The standard InChI is InChI=1S/C22H25N5O3/c28-21(25-9-3-4-10-25)15-30-14-18-13-26(12-17-7-8-23-27(17)18)22(29)20-11-16-5-1-2-6-19(16)24-20/h1-2,5-8,11,18,24H,3-4,9-10,12-15H2. The van der Waals surface area contributed by atoms with Crippen molar-refractivity contribution in [2.24, 2.45) is 0 Å². The van der Waals surface area contributed by atoms with Crippen LogP contribution in [0, 0.1) is 0 Å². The molecule has 30 heavy (non-hydrogen) atoms. The van der Waals surface area contributed by atoms with Crippen LogP contribution in [-0.4, -0.2) is 69.2 Å². The lowest BCUT2D eigenvalue weighted by Gasteiger charge is -2.33. The molecule has 4 heterocycles. The zero-order valence-corrected chi connectivity index (χ0v) is 16.8. The molecule has 5 rings (SSSR count). The van der Waals surface area contributed by atoms with Gasteiger partial charge in [-0.1, -0.05) is 18.2 Å². The number of rotatable bonds is 5. The Morgan fingerprint density at radius 2 is 1.97 bits per heavy atom. The highest BCUT2D eigenvalue weighted by Gasteiger charge is 2.30. The van der Waals surface area contributed by atoms with Crippen molar-refractivity contribution < 1.29 is 14.3 Å². The molecule has 156 valence electrons. The molecular formula is C22H25N5O3. The van der Waals surface area contributed by atoms with Gasteiger partial charge >= 0.3 is 0 Å². The minimum Gasteiger partial charge on any atom is -0.369 e. The third-order valence-electron chi connectivity index (χ3n) is 5.92. The number of H-pyrrole nitrogens is 1. The normalized spacial score (nSPS) is 18.7. The van der Waals surface area contributed by atoms with Crippen molar-refractivity contribution in [1.29, 1.82) is 0 Å². The largest absolute Gasteiger partial charge is 0.369 e. The number of likely N-dealkylation sites (tertiary alicyclic amines) is 1. The zero-order valence-electron chi connectivity index (χ0n) is 16.8. The van der Waals surface area contributed by atoms with E-state index in [-0.39, 0.29) is 24.5 Å². The third kappa shape index (κ3) is 3.59. The zero-order chi connectivity index (χ0) is 20.5. The fourth-order valence-corrected chi connectivity index (χ4v) is 4.36. The summed E-state index contributed by atoms with van der Waals surface area (Å²) in [7, 11) is 0. The Hall–Kier alpha value is -3.13. The van der Waals surface area contributed by atoms with E-state index in [1.807, 2.05) is 50.9 Å². The molecule has 2 aliphatic rings. The van der Waals surface area contributed by atoms with Crippen LogP contribution in [0.25, 0.3) is 10.9 Å². The van der Waals surface area contributed by atoms with Crippen molar-refractivity contribution in [3.63, 3.8) is 0 Å². The molecule has 0 bridgehead atoms. The van der Waals surface area contributed by atoms with E-state index in [1.54, 1.807) is 6.20 Å². The lowest BCUT2D eigenvalue weighted by molar-refractivity contribution is -0.135. The van der Waals surface area contributed by atoms with Crippen LogP contribution in [0.5, 0.6) is 0 Å². The first kappa shape index (κ1) is 18.9. The summed E-state index contributed by atoms with van der Waals surface area (Å²) in [5.74, 6) is -0.00759. The number of ether oxygens (including phenoxy) is 1. The minimum atomic E-state index is -0.122. The van der Waals surface area contributed by atoms with E-state index in [4.69, 9.17) is 4.74 Å². The van der Waals surface area contributed by atoms with Crippen LogP contribution >= 0.6 is 0 Å². The topological polar surface area (TPSA) is 83.5 Å². The van der Waals surface area contributed by atoms with Crippen LogP contribution < -0.4 is 0 Å². The van der Waals surface area contributed by atoms with E-state index >= 15 is 0 Å². The predicted molar refractivity (Wildman–Crippen MR) is 111 cm³/mol. The van der Waals surface area contributed by atoms with Gasteiger partial charge in [0, 0.05) is 36.7 Å². The van der Waals surface area contributed by atoms with Gasteiger partial charge in [-0.2, -0.15) is 5.10 Å². The average Bonchev–Trinajstić information content (AvgIpc) is 3.52. The Morgan fingerprint density at radius 3 is 2.80 bits per heavy atom. The van der Waals surface area contributed by atoms with Gasteiger partial charge in [0.15, 0.2) is 0 Å². The number of aromatic amines is 1. The molecule has 1 aromatic carbocycles. The first-order valence-electron chi connectivity index (χ1n) is 10.4. The lowest BCUT2D eigenvalue weighted by atomic mass is 10.2. The number of amides is 2. The van der Waals surface area contributed by atoms with Crippen LogP contribution in [-0.2, 0) is 16.1 Å². The maximum Gasteiger partial charge on any atom is 0.270 e. The number of carbonyl (C=O) groups excluding carboxylic acids is 2. The van der Waals surface area contributed by atoms with Crippen LogP contribution in [0.15, 0.2) is 42.6 Å². The molecule has 1 unspecified atom stereocenters. The molecule has 8 heteroatoms. The first-order valence-corrected chi connectivity index (χ1v) is 10.4. The molecule has 2 aliphatic heterocycles. The molecule has 1 saturated heterocycles. The Kier molecular flexibility index (Phi) is 5.00. The fraction of sp³-hybridized carbons (Fsp3) is 0.409. The number of carbonyl (C=O) groups is 2. The smallest absolute Gasteiger partial charge is 0.270 e. The van der Waals surface area contributed by atoms with Crippen molar-refractivity contribution in [3.05, 3.63) is 54.0 Å². The predicted octanol–water partition coefficient (Wildman–Crippen LogP) is 2.20. The van der Waals surface area contributed by atoms with Gasteiger partial charge in [0.2, 0.25) is 5.91 Å². The number of para-hydroxylation sites is 1. The van der Waals surface area contributed by atoms with E-state index in [2.05, 4.69) is 10.1 Å². The van der Waals surface area contributed by atoms with E-state index in [0.29, 0.717) is 25.4 Å². The lowest BCUT2D eigenvalue weighted by Crippen LogP contribution is -2.43. The number of nitrogens with one attached hydrogen (secondary N) is 1. The van der Waals surface area contributed by atoms with Gasteiger partial charge < -0.3 is 19.5 Å². The summed E-state index contributed by atoms with van der Waals surface area (Å²) in [6.07, 6.45) is 3.88. The molecular weight excluding hydrogens is 382 g/mol. The summed E-state index contributed by atoms with van der Waals surface area (Å²) in [5, 5.41) is 5.43. The van der Waals surface area contributed by atoms with Crippen molar-refractivity contribution in [2.75, 3.05) is 32.8 Å². The summed E-state index contributed by atoms with van der Waals surface area (Å²) in [6, 6.07) is 11.6. The Labute approximate surface area is 174 Å². The molecule has 0 aliphatic carbocycles. The summed E-state index contributed by atoms with van der Waals surface area (Å²) in [6.45, 7) is 3.04. The number of aromatic nitrogens is 3. The minimum absolute atomic E-state index is 0.0370. The second kappa shape index (κ2) is 7.95. The maximum atomic E-state index is 13.2. The highest BCUT2D eigenvalue weighted by Crippen LogP contribution is 2.24. The van der Waals surface area contributed by atoms with Gasteiger partial charge in [-0.3, -0.25) is 14.3 Å².